The van der Waals surface area contributed by atoms with Gasteiger partial charge in [-0.25, -0.2) is 18.5 Å². The van der Waals surface area contributed by atoms with Gasteiger partial charge in [0.05, 0.1) is 12.0 Å². The number of carbonyl (C=O) groups is 2. The molecule has 3 aromatic rings. The Kier molecular flexibility index (Phi) is 6.59. The Labute approximate surface area is 202 Å². The molecule has 2 saturated heterocycles. The minimum Gasteiger partial charge on any atom is -0.447 e. The van der Waals surface area contributed by atoms with E-state index in [1.165, 1.54) is 11.0 Å². The van der Waals surface area contributed by atoms with Crippen LogP contribution in [0.15, 0.2) is 78.9 Å². The van der Waals surface area contributed by atoms with Gasteiger partial charge in [-0.05, 0) is 35.2 Å². The first-order chi connectivity index (χ1) is 17.0. The number of ether oxygens (including phenoxy) is 1. The van der Waals surface area contributed by atoms with Crippen LogP contribution in [-0.2, 0) is 22.5 Å². The molecule has 2 aliphatic rings. The Balaban J connectivity index is 1.42. The van der Waals surface area contributed by atoms with Gasteiger partial charge in [0, 0.05) is 25.6 Å². The Morgan fingerprint density at radius 2 is 1.57 bits per heavy atom. The molecule has 0 saturated carbocycles. The van der Waals surface area contributed by atoms with Crippen molar-refractivity contribution < 1.29 is 23.1 Å². The quantitative estimate of drug-likeness (QED) is 0.514. The lowest BCUT2D eigenvalue weighted by molar-refractivity contribution is -0.133. The molecule has 0 N–H and O–H groups in total. The fraction of sp³-hybridized carbons (Fsp3) is 0.286. The molecule has 0 spiro atoms. The molecule has 0 radical (unpaired) electrons. The number of imide groups is 1. The highest BCUT2D eigenvalue weighted by Crippen LogP contribution is 2.36. The Morgan fingerprint density at radius 3 is 2.26 bits per heavy atom. The van der Waals surface area contributed by atoms with E-state index in [2.05, 4.69) is 4.90 Å². The first kappa shape index (κ1) is 23.2. The number of likely N-dealkylation sites (tertiary alicyclic amines) is 1. The second kappa shape index (κ2) is 9.96. The van der Waals surface area contributed by atoms with E-state index < -0.39 is 29.7 Å². The van der Waals surface area contributed by atoms with E-state index >= 15 is 0 Å². The highest BCUT2D eigenvalue weighted by molar-refractivity contribution is 5.95. The van der Waals surface area contributed by atoms with Crippen LogP contribution in [0.4, 0.5) is 13.6 Å². The predicted octanol–water partition coefficient (Wildman–Crippen LogP) is 4.77. The van der Waals surface area contributed by atoms with Crippen LogP contribution in [0, 0.1) is 17.6 Å². The van der Waals surface area contributed by atoms with Crippen LogP contribution in [0.5, 0.6) is 0 Å². The molecule has 2 amide bonds. The molecule has 1 unspecified atom stereocenters. The van der Waals surface area contributed by atoms with E-state index in [0.29, 0.717) is 31.6 Å². The van der Waals surface area contributed by atoms with Crippen molar-refractivity contribution in [2.45, 2.75) is 24.9 Å². The van der Waals surface area contributed by atoms with Crippen molar-refractivity contribution in [2.75, 3.05) is 19.7 Å². The van der Waals surface area contributed by atoms with Crippen LogP contribution >= 0.6 is 0 Å². The van der Waals surface area contributed by atoms with Crippen molar-refractivity contribution in [3.8, 4) is 0 Å². The molecule has 2 aliphatic heterocycles. The van der Waals surface area contributed by atoms with Gasteiger partial charge in [0.2, 0.25) is 5.91 Å². The Morgan fingerprint density at radius 1 is 0.886 bits per heavy atom. The summed E-state index contributed by atoms with van der Waals surface area (Å²) in [6.07, 6.45) is -0.157. The monoisotopic (exact) mass is 476 g/mol. The second-order valence-electron chi connectivity index (χ2n) is 9.19. The average molecular weight is 477 g/mol. The third kappa shape index (κ3) is 4.95. The van der Waals surface area contributed by atoms with E-state index in [-0.39, 0.29) is 18.4 Å². The van der Waals surface area contributed by atoms with E-state index in [1.54, 1.807) is 0 Å². The normalized spacial score (nSPS) is 22.4. The SMILES string of the molecule is O=C1OCC(Cc2ccccc2)N1C(=O)[C@H]1CN(Cc2ccccc2)C[C@@H]1c1ccc(F)c(F)c1. The molecule has 0 aliphatic carbocycles. The van der Waals surface area contributed by atoms with E-state index in [4.69, 9.17) is 4.74 Å². The first-order valence-corrected chi connectivity index (χ1v) is 11.7. The van der Waals surface area contributed by atoms with Crippen LogP contribution in [0.3, 0.4) is 0 Å². The van der Waals surface area contributed by atoms with Crippen molar-refractivity contribution in [3.63, 3.8) is 0 Å². The fourth-order valence-electron chi connectivity index (χ4n) is 5.13. The average Bonchev–Trinajstić information content (AvgIpc) is 3.45. The molecule has 180 valence electrons. The number of benzene rings is 3. The summed E-state index contributed by atoms with van der Waals surface area (Å²) in [5, 5.41) is 0. The standard InChI is InChI=1S/C28H26F2N2O3/c29-25-12-11-21(14-26(25)30)23-16-31(15-20-9-5-2-6-10-20)17-24(23)27(33)32-22(18-35-28(32)34)13-19-7-3-1-4-8-19/h1-12,14,22-24H,13,15-18H2/t22?,23-,24+/m1/s1. The molecule has 7 heteroatoms. The molecule has 5 nitrogen and oxygen atoms in total. The van der Waals surface area contributed by atoms with Crippen LogP contribution in [0.25, 0.3) is 0 Å². The van der Waals surface area contributed by atoms with Crippen molar-refractivity contribution >= 4 is 12.0 Å². The van der Waals surface area contributed by atoms with Gasteiger partial charge in [0.25, 0.3) is 0 Å². The van der Waals surface area contributed by atoms with Crippen molar-refractivity contribution in [2.24, 2.45) is 5.92 Å². The Hall–Kier alpha value is -3.58. The molecule has 35 heavy (non-hydrogen) atoms. The number of cyclic esters (lactones) is 1. The lowest BCUT2D eigenvalue weighted by Gasteiger charge is -2.26. The highest BCUT2D eigenvalue weighted by atomic mass is 19.2. The van der Waals surface area contributed by atoms with E-state index in [0.717, 1.165) is 23.3 Å². The Bertz CT molecular complexity index is 1210. The van der Waals surface area contributed by atoms with Crippen LogP contribution < -0.4 is 0 Å². The van der Waals surface area contributed by atoms with Gasteiger partial charge in [-0.1, -0.05) is 66.7 Å². The van der Waals surface area contributed by atoms with Crippen LogP contribution in [0.2, 0.25) is 0 Å². The minimum atomic E-state index is -0.947. The van der Waals surface area contributed by atoms with Crippen LogP contribution in [-0.4, -0.2) is 47.5 Å². The van der Waals surface area contributed by atoms with Crippen molar-refractivity contribution in [1.82, 2.24) is 9.80 Å². The topological polar surface area (TPSA) is 49.9 Å². The van der Waals surface area contributed by atoms with Gasteiger partial charge in [-0.3, -0.25) is 9.69 Å². The second-order valence-corrected chi connectivity index (χ2v) is 9.19. The molecule has 0 aromatic heterocycles. The highest BCUT2D eigenvalue weighted by Gasteiger charge is 2.46. The van der Waals surface area contributed by atoms with Gasteiger partial charge in [0.1, 0.15) is 6.61 Å². The molecule has 0 bridgehead atoms. The van der Waals surface area contributed by atoms with Crippen molar-refractivity contribution in [1.29, 1.82) is 0 Å². The third-order valence-electron chi connectivity index (χ3n) is 6.85. The van der Waals surface area contributed by atoms with Crippen LogP contribution in [0.1, 0.15) is 22.6 Å². The number of amides is 2. The molecule has 5 rings (SSSR count). The van der Waals surface area contributed by atoms with Gasteiger partial charge < -0.3 is 4.74 Å². The third-order valence-corrected chi connectivity index (χ3v) is 6.85. The minimum absolute atomic E-state index is 0.135. The maximum absolute atomic E-state index is 14.1. The summed E-state index contributed by atoms with van der Waals surface area (Å²) in [6, 6.07) is 22.9. The summed E-state index contributed by atoms with van der Waals surface area (Å²) in [7, 11) is 0. The molecule has 3 aromatic carbocycles. The largest absolute Gasteiger partial charge is 0.447 e. The van der Waals surface area contributed by atoms with Crippen molar-refractivity contribution in [3.05, 3.63) is 107 Å². The number of hydrogen-bond donors (Lipinski definition) is 0. The van der Waals surface area contributed by atoms with Gasteiger partial charge in [0.15, 0.2) is 11.6 Å². The van der Waals surface area contributed by atoms with E-state index in [9.17, 15) is 18.4 Å². The lowest BCUT2D eigenvalue weighted by Crippen LogP contribution is -2.45. The summed E-state index contributed by atoms with van der Waals surface area (Å²) in [5.74, 6) is -3.18. The van der Waals surface area contributed by atoms with Gasteiger partial charge in [-0.2, -0.15) is 0 Å². The number of hydrogen-bond acceptors (Lipinski definition) is 4. The van der Waals surface area contributed by atoms with Gasteiger partial charge >= 0.3 is 6.09 Å². The lowest BCUT2D eigenvalue weighted by atomic mass is 9.87. The van der Waals surface area contributed by atoms with Gasteiger partial charge in [-0.15, -0.1) is 0 Å². The fourth-order valence-corrected chi connectivity index (χ4v) is 5.13. The zero-order chi connectivity index (χ0) is 24.4. The first-order valence-electron chi connectivity index (χ1n) is 11.7. The maximum atomic E-state index is 14.1. The molecular weight excluding hydrogens is 450 g/mol. The zero-order valence-corrected chi connectivity index (χ0v) is 19.1. The number of rotatable bonds is 6. The number of nitrogens with zero attached hydrogens (tertiary/aromatic N) is 2. The van der Waals surface area contributed by atoms with E-state index in [1.807, 2.05) is 60.7 Å². The number of carbonyl (C=O) groups excluding carboxylic acids is 2. The predicted molar refractivity (Wildman–Crippen MR) is 126 cm³/mol. The smallest absolute Gasteiger partial charge is 0.416 e. The summed E-state index contributed by atoms with van der Waals surface area (Å²) in [6.45, 7) is 1.64. The molecule has 3 atom stereocenters. The summed E-state index contributed by atoms with van der Waals surface area (Å²) in [4.78, 5) is 29.8. The molecular formula is C28H26F2N2O3. The summed E-state index contributed by atoms with van der Waals surface area (Å²) >= 11 is 0. The zero-order valence-electron chi connectivity index (χ0n) is 19.1. The number of halogens is 2. The molecule has 2 heterocycles. The summed E-state index contributed by atoms with van der Waals surface area (Å²) in [5.41, 5.74) is 2.64. The summed E-state index contributed by atoms with van der Waals surface area (Å²) < 4.78 is 33.0. The molecule has 2 fully saturated rings. The maximum Gasteiger partial charge on any atom is 0.416 e.